The van der Waals surface area contributed by atoms with Crippen LogP contribution in [0.5, 0.6) is 11.5 Å². The minimum atomic E-state index is -4.92. The number of nitrogens with one attached hydrogen (secondary N) is 1. The van der Waals surface area contributed by atoms with Crippen molar-refractivity contribution in [1.29, 1.82) is 5.26 Å². The Kier molecular flexibility index (Phi) is 9.84. The number of hydrogen-bond donors (Lipinski definition) is 4. The maximum Gasteiger partial charge on any atom is 0.469 e. The second-order valence-electron chi connectivity index (χ2n) is 8.33. The van der Waals surface area contributed by atoms with Gasteiger partial charge >= 0.3 is 13.9 Å². The SMILES string of the molecule is CC(C)Oc1ccc(-c2nnc(-c3cc(F)c(OC[C@H](NC(=O)O)[C@@H](C)OP(=O)(O)O)cc3Cl)s2)cc1C#N. The molecular formula is C23H23ClFN4O8PS. The van der Waals surface area contributed by atoms with Gasteiger partial charge in [0.15, 0.2) is 11.6 Å². The molecule has 16 heteroatoms. The summed E-state index contributed by atoms with van der Waals surface area (Å²) in [5.41, 5.74) is 1.13. The van der Waals surface area contributed by atoms with E-state index in [4.69, 9.17) is 36.0 Å². The maximum atomic E-state index is 14.9. The molecule has 3 rings (SSSR count). The van der Waals surface area contributed by atoms with Gasteiger partial charge in [0.25, 0.3) is 0 Å². The maximum absolute atomic E-state index is 14.9. The number of halogens is 2. The lowest BCUT2D eigenvalue weighted by molar-refractivity contribution is 0.0895. The molecule has 0 saturated carbocycles. The van der Waals surface area contributed by atoms with Gasteiger partial charge in [0.05, 0.1) is 28.8 Å². The Morgan fingerprint density at radius 2 is 1.90 bits per heavy atom. The summed E-state index contributed by atoms with van der Waals surface area (Å²) in [6, 6.07) is 8.05. The number of carbonyl (C=O) groups is 1. The molecule has 208 valence electrons. The lowest BCUT2D eigenvalue weighted by Crippen LogP contribution is -2.46. The predicted octanol–water partition coefficient (Wildman–Crippen LogP) is 4.84. The Balaban J connectivity index is 1.81. The Labute approximate surface area is 231 Å². The number of rotatable bonds is 11. The van der Waals surface area contributed by atoms with Gasteiger partial charge in [-0.3, -0.25) is 4.52 Å². The molecule has 39 heavy (non-hydrogen) atoms. The van der Waals surface area contributed by atoms with Crippen LogP contribution in [0.3, 0.4) is 0 Å². The lowest BCUT2D eigenvalue weighted by Gasteiger charge is -2.24. The van der Waals surface area contributed by atoms with E-state index in [0.717, 1.165) is 23.5 Å². The Morgan fingerprint density at radius 1 is 1.21 bits per heavy atom. The van der Waals surface area contributed by atoms with Crippen molar-refractivity contribution in [2.45, 2.75) is 39.0 Å². The number of nitrogens with zero attached hydrogens (tertiary/aromatic N) is 3. The molecule has 12 nitrogen and oxygen atoms in total. The molecule has 0 bridgehead atoms. The topological polar surface area (TPSA) is 184 Å². The zero-order valence-electron chi connectivity index (χ0n) is 20.7. The van der Waals surface area contributed by atoms with Crippen molar-refractivity contribution in [3.63, 3.8) is 0 Å². The molecule has 0 unspecified atom stereocenters. The summed E-state index contributed by atoms with van der Waals surface area (Å²) in [5.74, 6) is -0.760. The fourth-order valence-electron chi connectivity index (χ4n) is 3.28. The number of phosphoric ester groups is 1. The van der Waals surface area contributed by atoms with Crippen LogP contribution in [0, 0.1) is 17.1 Å². The highest BCUT2D eigenvalue weighted by Crippen LogP contribution is 2.39. The van der Waals surface area contributed by atoms with Gasteiger partial charge in [-0.25, -0.2) is 13.8 Å². The summed E-state index contributed by atoms with van der Waals surface area (Å²) in [6.45, 7) is 4.38. The molecule has 1 heterocycles. The van der Waals surface area contributed by atoms with Crippen LogP contribution < -0.4 is 14.8 Å². The average Bonchev–Trinajstić information content (AvgIpc) is 3.32. The van der Waals surface area contributed by atoms with Crippen LogP contribution in [0.2, 0.25) is 5.02 Å². The number of nitriles is 1. The third-order valence-corrected chi connectivity index (χ3v) is 6.91. The number of amides is 1. The van der Waals surface area contributed by atoms with Crippen molar-refractivity contribution in [1.82, 2.24) is 15.5 Å². The Hall–Kier alpha value is -3.31. The van der Waals surface area contributed by atoms with Crippen molar-refractivity contribution in [3.05, 3.63) is 46.7 Å². The Bertz CT molecular complexity index is 1440. The van der Waals surface area contributed by atoms with Gasteiger partial charge in [-0.2, -0.15) is 5.26 Å². The largest absolute Gasteiger partial charge is 0.490 e. The number of carboxylic acid groups (broad SMARTS) is 1. The second kappa shape index (κ2) is 12.7. The lowest BCUT2D eigenvalue weighted by atomic mass is 10.1. The van der Waals surface area contributed by atoms with Crippen molar-refractivity contribution >= 4 is 36.9 Å². The van der Waals surface area contributed by atoms with Crippen LogP contribution in [-0.2, 0) is 9.09 Å². The van der Waals surface area contributed by atoms with E-state index < -0.39 is 38.5 Å². The number of hydrogen-bond acceptors (Lipinski definition) is 9. The van der Waals surface area contributed by atoms with Crippen LogP contribution in [0.25, 0.3) is 21.1 Å². The first-order valence-corrected chi connectivity index (χ1v) is 13.9. The molecule has 0 radical (unpaired) electrons. The molecule has 0 spiro atoms. The molecule has 0 aliphatic heterocycles. The molecule has 4 N–H and O–H groups in total. The van der Waals surface area contributed by atoms with Gasteiger partial charge in [-0.15, -0.1) is 10.2 Å². The molecule has 0 aliphatic rings. The van der Waals surface area contributed by atoms with Crippen LogP contribution in [0.4, 0.5) is 9.18 Å². The van der Waals surface area contributed by atoms with Crippen molar-refractivity contribution < 1.29 is 42.6 Å². The molecule has 0 saturated heterocycles. The highest BCUT2D eigenvalue weighted by Gasteiger charge is 2.28. The first kappa shape index (κ1) is 30.2. The first-order chi connectivity index (χ1) is 18.3. The summed E-state index contributed by atoms with van der Waals surface area (Å²) >= 11 is 7.46. The standard InChI is InChI=1S/C23H23ClFN4O8PS/c1-11(2)36-19-5-4-13(6-14(19)9-26)21-28-29-22(39-21)15-7-17(25)20(8-16(15)24)35-10-18(27-23(30)31)12(3)37-38(32,33)34/h4-8,11-12,18,27H,10H2,1-3H3,(H,30,31)(H2,32,33,34)/t12-,18+/m1/s1. The fourth-order valence-corrected chi connectivity index (χ4v) is 5.03. The normalized spacial score (nSPS) is 13.0. The zero-order chi connectivity index (χ0) is 28.9. The van der Waals surface area contributed by atoms with Crippen LogP contribution in [0.1, 0.15) is 26.3 Å². The van der Waals surface area contributed by atoms with E-state index in [1.165, 1.54) is 6.92 Å². The quantitative estimate of drug-likeness (QED) is 0.221. The molecule has 2 atom stereocenters. The van der Waals surface area contributed by atoms with Crippen molar-refractivity contribution in [3.8, 4) is 38.7 Å². The second-order valence-corrected chi connectivity index (χ2v) is 10.9. The summed E-state index contributed by atoms with van der Waals surface area (Å²) < 4.78 is 41.5. The number of phosphoric acid groups is 1. The van der Waals surface area contributed by atoms with Crippen molar-refractivity contribution in [2.75, 3.05) is 6.61 Å². The molecule has 0 aliphatic carbocycles. The van der Waals surface area contributed by atoms with Gasteiger partial charge in [-0.1, -0.05) is 22.9 Å². The van der Waals surface area contributed by atoms with E-state index in [1.807, 2.05) is 19.2 Å². The van der Waals surface area contributed by atoms with E-state index in [9.17, 15) is 19.0 Å². The number of aromatic nitrogens is 2. The predicted molar refractivity (Wildman–Crippen MR) is 139 cm³/mol. The van der Waals surface area contributed by atoms with Gasteiger partial charge in [0.2, 0.25) is 0 Å². The minimum absolute atomic E-state index is 0.0507. The third kappa shape index (κ3) is 8.34. The van der Waals surface area contributed by atoms with E-state index in [1.54, 1.807) is 18.2 Å². The molecule has 0 fully saturated rings. The molecule has 3 aromatic rings. The van der Waals surface area contributed by atoms with Crippen LogP contribution in [-0.4, -0.2) is 56.0 Å². The summed E-state index contributed by atoms with van der Waals surface area (Å²) in [7, 11) is -4.92. The van der Waals surface area contributed by atoms with E-state index in [-0.39, 0.29) is 27.4 Å². The minimum Gasteiger partial charge on any atom is -0.490 e. The molecule has 1 amide bonds. The molecule has 1 aromatic heterocycles. The zero-order valence-corrected chi connectivity index (χ0v) is 23.1. The highest BCUT2D eigenvalue weighted by molar-refractivity contribution is 7.46. The van der Waals surface area contributed by atoms with Crippen LogP contribution in [0.15, 0.2) is 30.3 Å². The van der Waals surface area contributed by atoms with Gasteiger partial charge < -0.3 is 29.7 Å². The summed E-state index contributed by atoms with van der Waals surface area (Å²) in [4.78, 5) is 29.0. The molecular weight excluding hydrogens is 578 g/mol. The number of benzene rings is 2. The Morgan fingerprint density at radius 3 is 2.51 bits per heavy atom. The molecule has 2 aromatic carbocycles. The van der Waals surface area contributed by atoms with E-state index in [0.29, 0.717) is 21.9 Å². The van der Waals surface area contributed by atoms with E-state index >= 15 is 0 Å². The third-order valence-electron chi connectivity index (χ3n) is 4.98. The highest BCUT2D eigenvalue weighted by atomic mass is 35.5. The van der Waals surface area contributed by atoms with Gasteiger partial charge in [0.1, 0.15) is 28.4 Å². The fraction of sp³-hybridized carbons (Fsp3) is 0.304. The van der Waals surface area contributed by atoms with Crippen LogP contribution >= 0.6 is 30.8 Å². The average molecular weight is 601 g/mol. The van der Waals surface area contributed by atoms with E-state index in [2.05, 4.69) is 20.8 Å². The summed E-state index contributed by atoms with van der Waals surface area (Å²) in [5, 5.41) is 29.5. The first-order valence-electron chi connectivity index (χ1n) is 11.2. The smallest absolute Gasteiger partial charge is 0.469 e. The summed E-state index contributed by atoms with van der Waals surface area (Å²) in [6.07, 6.45) is -2.93. The number of ether oxygens (including phenoxy) is 2. The monoisotopic (exact) mass is 600 g/mol. The van der Waals surface area contributed by atoms with Gasteiger partial charge in [0, 0.05) is 17.2 Å². The van der Waals surface area contributed by atoms with Gasteiger partial charge in [-0.05, 0) is 45.0 Å². The van der Waals surface area contributed by atoms with Crippen molar-refractivity contribution in [2.24, 2.45) is 0 Å².